The lowest BCUT2D eigenvalue weighted by Gasteiger charge is -2.23. The van der Waals surface area contributed by atoms with Gasteiger partial charge in [0, 0.05) is 64.3 Å². The molecule has 3 aromatic heterocycles. The van der Waals surface area contributed by atoms with Crippen LogP contribution in [0.3, 0.4) is 0 Å². The molecule has 10 rings (SSSR count). The third-order valence-electron chi connectivity index (χ3n) is 10.0. The summed E-state index contributed by atoms with van der Waals surface area (Å²) in [6, 6.07) is 50.1. The molecule has 222 valence electrons. The van der Waals surface area contributed by atoms with E-state index in [1.54, 1.807) is 0 Å². The van der Waals surface area contributed by atoms with Gasteiger partial charge in [-0.2, -0.15) is 0 Å². The van der Waals surface area contributed by atoms with Gasteiger partial charge in [-0.1, -0.05) is 111 Å². The molecule has 0 amide bonds. The Kier molecular flexibility index (Phi) is 5.50. The normalized spacial score (nSPS) is 13.5. The molecule has 0 bridgehead atoms. The Morgan fingerprint density at radius 1 is 0.553 bits per heavy atom. The second kappa shape index (κ2) is 9.71. The first-order valence-corrected chi connectivity index (χ1v) is 16.9. The Bertz CT molecular complexity index is 2700. The van der Waals surface area contributed by atoms with E-state index in [1.807, 2.05) is 11.3 Å². The molecule has 1 aliphatic rings. The molecule has 6 aromatic carbocycles. The molecule has 47 heavy (non-hydrogen) atoms. The van der Waals surface area contributed by atoms with Crippen LogP contribution in [-0.4, -0.2) is 14.5 Å². The Hall–Kier alpha value is -5.58. The van der Waals surface area contributed by atoms with E-state index in [2.05, 4.69) is 158 Å². The molecule has 4 heteroatoms. The van der Waals surface area contributed by atoms with Crippen LogP contribution in [0, 0.1) is 0 Å². The zero-order valence-electron chi connectivity index (χ0n) is 26.0. The smallest absolute Gasteiger partial charge is 0.160 e. The largest absolute Gasteiger partial charge is 0.309 e. The lowest BCUT2D eigenvalue weighted by molar-refractivity contribution is 0.658. The summed E-state index contributed by atoms with van der Waals surface area (Å²) in [6.45, 7) is 4.58. The second-order valence-corrected chi connectivity index (χ2v) is 14.0. The van der Waals surface area contributed by atoms with Crippen LogP contribution in [0.5, 0.6) is 0 Å². The van der Waals surface area contributed by atoms with E-state index < -0.39 is 0 Å². The number of nitrogens with zero attached hydrogens (tertiary/aromatic N) is 3. The van der Waals surface area contributed by atoms with E-state index in [4.69, 9.17) is 9.97 Å². The van der Waals surface area contributed by atoms with E-state index in [1.165, 1.54) is 58.7 Å². The highest BCUT2D eigenvalue weighted by atomic mass is 32.1. The highest BCUT2D eigenvalue weighted by Gasteiger charge is 2.39. The van der Waals surface area contributed by atoms with E-state index in [9.17, 15) is 0 Å². The quantitative estimate of drug-likeness (QED) is 0.197. The van der Waals surface area contributed by atoms with Crippen LogP contribution >= 0.6 is 11.3 Å². The molecule has 3 nitrogen and oxygen atoms in total. The van der Waals surface area contributed by atoms with Crippen molar-refractivity contribution in [1.29, 1.82) is 0 Å². The van der Waals surface area contributed by atoms with Crippen molar-refractivity contribution in [2.24, 2.45) is 0 Å². The summed E-state index contributed by atoms with van der Waals surface area (Å²) in [5.41, 5.74) is 11.2. The fourth-order valence-electron chi connectivity index (χ4n) is 7.82. The summed E-state index contributed by atoms with van der Waals surface area (Å²) in [4.78, 5) is 10.6. The molecule has 0 saturated heterocycles. The molecule has 0 fully saturated rings. The van der Waals surface area contributed by atoms with Crippen molar-refractivity contribution in [3.63, 3.8) is 0 Å². The minimum Gasteiger partial charge on any atom is -0.309 e. The molecule has 9 aromatic rings. The van der Waals surface area contributed by atoms with Gasteiger partial charge in [-0.05, 0) is 48.0 Å². The van der Waals surface area contributed by atoms with Crippen molar-refractivity contribution >= 4 is 53.3 Å². The average Bonchev–Trinajstić information content (AvgIpc) is 3.74. The maximum absolute atomic E-state index is 5.29. The predicted molar refractivity (Wildman–Crippen MR) is 198 cm³/mol. The Balaban J connectivity index is 1.16. The molecular weight excluding hydrogens is 591 g/mol. The summed E-state index contributed by atoms with van der Waals surface area (Å²) in [7, 11) is 0. The van der Waals surface area contributed by atoms with Gasteiger partial charge in [-0.3, -0.25) is 0 Å². The number of para-hydroxylation sites is 1. The number of hydrogen-bond donors (Lipinski definition) is 0. The third kappa shape index (κ3) is 3.73. The van der Waals surface area contributed by atoms with Crippen LogP contribution in [0.4, 0.5) is 0 Å². The lowest BCUT2D eigenvalue weighted by Crippen LogP contribution is -2.17. The molecule has 0 radical (unpaired) electrons. The lowest BCUT2D eigenvalue weighted by atomic mass is 9.81. The summed E-state index contributed by atoms with van der Waals surface area (Å²) in [6.07, 6.45) is 0. The number of rotatable bonds is 3. The van der Waals surface area contributed by atoms with Crippen molar-refractivity contribution in [2.75, 3.05) is 0 Å². The SMILES string of the molecule is CC1(C)c2ccccc2-c2nc(-c3ccc(-n4c5ccccc5c5c6sc7ccccc7c6ccc54)cc3)nc(-c3ccccc3)c21. The highest BCUT2D eigenvalue weighted by Crippen LogP contribution is 2.51. The van der Waals surface area contributed by atoms with Gasteiger partial charge in [-0.15, -0.1) is 11.3 Å². The number of aromatic nitrogens is 3. The van der Waals surface area contributed by atoms with Gasteiger partial charge < -0.3 is 4.57 Å². The standard InChI is InChI=1S/C43H29N3S/c1-43(2)33-17-9-6-15-31(33)40-38(43)39(26-12-4-3-5-13-26)44-42(45-40)27-20-22-28(23-21-27)46-34-18-10-7-16-32(34)37-35(46)25-24-30-29-14-8-11-19-36(29)47-41(30)37/h3-25H,1-2H3. The fraction of sp³-hybridized carbons (Fsp3) is 0.0698. The van der Waals surface area contributed by atoms with Gasteiger partial charge >= 0.3 is 0 Å². The van der Waals surface area contributed by atoms with Crippen molar-refractivity contribution in [3.8, 4) is 39.6 Å². The average molecular weight is 620 g/mol. The monoisotopic (exact) mass is 619 g/mol. The molecular formula is C43H29N3S. The van der Waals surface area contributed by atoms with Crippen LogP contribution in [0.2, 0.25) is 0 Å². The van der Waals surface area contributed by atoms with Gasteiger partial charge in [0.1, 0.15) is 0 Å². The summed E-state index contributed by atoms with van der Waals surface area (Å²) < 4.78 is 5.07. The van der Waals surface area contributed by atoms with Crippen molar-refractivity contribution in [3.05, 3.63) is 151 Å². The minimum absolute atomic E-state index is 0.199. The van der Waals surface area contributed by atoms with Gasteiger partial charge in [-0.25, -0.2) is 9.97 Å². The van der Waals surface area contributed by atoms with Gasteiger partial charge in [0.05, 0.1) is 22.4 Å². The molecule has 0 spiro atoms. The van der Waals surface area contributed by atoms with Crippen molar-refractivity contribution in [2.45, 2.75) is 19.3 Å². The van der Waals surface area contributed by atoms with Crippen LogP contribution in [0.25, 0.3) is 81.6 Å². The predicted octanol–water partition coefficient (Wildman–Crippen LogP) is 11.6. The topological polar surface area (TPSA) is 30.7 Å². The summed E-state index contributed by atoms with van der Waals surface area (Å²) >= 11 is 1.89. The molecule has 1 aliphatic carbocycles. The van der Waals surface area contributed by atoms with Crippen LogP contribution < -0.4 is 0 Å². The maximum atomic E-state index is 5.29. The zero-order valence-corrected chi connectivity index (χ0v) is 26.8. The van der Waals surface area contributed by atoms with Crippen LogP contribution in [0.15, 0.2) is 140 Å². The minimum atomic E-state index is -0.199. The van der Waals surface area contributed by atoms with Gasteiger partial charge in [0.25, 0.3) is 0 Å². The van der Waals surface area contributed by atoms with Crippen molar-refractivity contribution in [1.82, 2.24) is 14.5 Å². The van der Waals surface area contributed by atoms with Gasteiger partial charge in [0.2, 0.25) is 0 Å². The molecule has 0 atom stereocenters. The first kappa shape index (κ1) is 26.6. The molecule has 0 saturated carbocycles. The number of benzene rings is 6. The molecule has 0 unspecified atom stereocenters. The van der Waals surface area contributed by atoms with Gasteiger partial charge in [0.15, 0.2) is 5.82 Å². The number of fused-ring (bicyclic) bond motifs is 10. The Morgan fingerprint density at radius 2 is 1.26 bits per heavy atom. The maximum Gasteiger partial charge on any atom is 0.160 e. The number of hydrogen-bond acceptors (Lipinski definition) is 3. The van der Waals surface area contributed by atoms with Crippen LogP contribution in [-0.2, 0) is 5.41 Å². The van der Waals surface area contributed by atoms with Crippen LogP contribution in [0.1, 0.15) is 25.0 Å². The van der Waals surface area contributed by atoms with Crippen molar-refractivity contribution < 1.29 is 0 Å². The first-order valence-electron chi connectivity index (χ1n) is 16.1. The fourth-order valence-corrected chi connectivity index (χ4v) is 9.08. The number of thiophene rings is 1. The van der Waals surface area contributed by atoms with E-state index in [-0.39, 0.29) is 5.41 Å². The highest BCUT2D eigenvalue weighted by molar-refractivity contribution is 7.26. The molecule has 0 N–H and O–H groups in total. The second-order valence-electron chi connectivity index (χ2n) is 13.0. The third-order valence-corrected chi connectivity index (χ3v) is 11.2. The Labute approximate surface area is 276 Å². The van der Waals surface area contributed by atoms with E-state index in [0.717, 1.165) is 34.0 Å². The van der Waals surface area contributed by atoms with E-state index in [0.29, 0.717) is 0 Å². The molecule has 0 aliphatic heterocycles. The summed E-state index contributed by atoms with van der Waals surface area (Å²) in [5.74, 6) is 0.746. The first-order chi connectivity index (χ1) is 23.1. The molecule has 3 heterocycles. The summed E-state index contributed by atoms with van der Waals surface area (Å²) in [5, 5.41) is 5.24. The zero-order chi connectivity index (χ0) is 31.3. The van der Waals surface area contributed by atoms with E-state index >= 15 is 0 Å². The Morgan fingerprint density at radius 3 is 2.11 bits per heavy atom.